The Morgan fingerprint density at radius 3 is 2.47 bits per heavy atom. The number of nitriles is 2. The van der Waals surface area contributed by atoms with Crippen molar-refractivity contribution in [3.8, 4) is 34.8 Å². The van der Waals surface area contributed by atoms with E-state index in [1.165, 1.54) is 7.11 Å². The minimum absolute atomic E-state index is 0.0173. The lowest BCUT2D eigenvalue weighted by molar-refractivity contribution is 0.295. The van der Waals surface area contributed by atoms with Crippen LogP contribution in [0.5, 0.6) is 11.5 Å². The summed E-state index contributed by atoms with van der Waals surface area (Å²) in [6.45, 7) is 0.125. The lowest BCUT2D eigenvalue weighted by atomic mass is 9.95. The van der Waals surface area contributed by atoms with Crippen LogP contribution in [0.3, 0.4) is 0 Å². The van der Waals surface area contributed by atoms with Crippen LogP contribution in [-0.4, -0.2) is 12.1 Å². The van der Waals surface area contributed by atoms with Crippen LogP contribution in [0.2, 0.25) is 5.02 Å². The zero-order valence-corrected chi connectivity index (χ0v) is 18.0. The van der Waals surface area contributed by atoms with Crippen molar-refractivity contribution in [2.75, 3.05) is 12.8 Å². The van der Waals surface area contributed by atoms with Crippen LogP contribution in [-0.2, 0) is 6.61 Å². The molecule has 0 saturated heterocycles. The smallest absolute Gasteiger partial charge is 0.268 e. The molecule has 0 amide bonds. The number of ether oxygens (including phenoxy) is 2. The summed E-state index contributed by atoms with van der Waals surface area (Å²) in [5.74, 6) is 1.01. The van der Waals surface area contributed by atoms with Gasteiger partial charge in [-0.05, 0) is 51.8 Å². The zero-order valence-electron chi connectivity index (χ0n) is 15.6. The zero-order chi connectivity index (χ0) is 21.8. The summed E-state index contributed by atoms with van der Waals surface area (Å²) < 4.78 is 11.9. The Morgan fingerprint density at radius 2 is 1.83 bits per heavy atom. The maximum Gasteiger partial charge on any atom is 0.268 e. The van der Waals surface area contributed by atoms with Crippen molar-refractivity contribution >= 4 is 33.3 Å². The van der Waals surface area contributed by atoms with E-state index in [1.807, 2.05) is 12.1 Å². The van der Waals surface area contributed by atoms with Gasteiger partial charge in [0.25, 0.3) is 5.56 Å². The molecule has 0 aliphatic heterocycles. The lowest BCUT2D eigenvalue weighted by Gasteiger charge is -2.14. The van der Waals surface area contributed by atoms with Crippen LogP contribution in [0.15, 0.2) is 45.7 Å². The molecule has 7 nitrogen and oxygen atoms in total. The van der Waals surface area contributed by atoms with Crippen LogP contribution in [0.4, 0.5) is 5.82 Å². The van der Waals surface area contributed by atoms with E-state index in [4.69, 9.17) is 26.8 Å². The monoisotopic (exact) mass is 484 g/mol. The largest absolute Gasteiger partial charge is 0.496 e. The van der Waals surface area contributed by atoms with Crippen LogP contribution in [0, 0.1) is 22.7 Å². The summed E-state index contributed by atoms with van der Waals surface area (Å²) in [6.07, 6.45) is 0. The molecule has 1 heterocycles. The van der Waals surface area contributed by atoms with Crippen LogP contribution in [0.1, 0.15) is 16.7 Å². The number of hydrogen-bond donors (Lipinski definition) is 2. The van der Waals surface area contributed by atoms with Gasteiger partial charge >= 0.3 is 0 Å². The Labute approximate surface area is 185 Å². The molecule has 150 valence electrons. The number of nitrogens with one attached hydrogen (secondary N) is 1. The normalized spacial score (nSPS) is 10.2. The highest BCUT2D eigenvalue weighted by molar-refractivity contribution is 9.10. The Hall–Kier alpha value is -3.46. The number of aromatic amines is 1. The molecule has 30 heavy (non-hydrogen) atoms. The van der Waals surface area contributed by atoms with Gasteiger partial charge in [-0.2, -0.15) is 10.5 Å². The molecule has 2 aromatic carbocycles. The SMILES string of the molecule is COc1ccc(-c2c(C#N)c(N)[nH]c(=O)c2C#N)cc1COc1ccc(Cl)cc1Br. The lowest BCUT2D eigenvalue weighted by Crippen LogP contribution is -2.16. The molecule has 0 radical (unpaired) electrons. The van der Waals surface area contributed by atoms with Crippen molar-refractivity contribution in [3.63, 3.8) is 0 Å². The summed E-state index contributed by atoms with van der Waals surface area (Å²) in [5, 5.41) is 19.5. The molecule has 0 spiro atoms. The summed E-state index contributed by atoms with van der Waals surface area (Å²) >= 11 is 9.35. The molecule has 3 rings (SSSR count). The highest BCUT2D eigenvalue weighted by atomic mass is 79.9. The summed E-state index contributed by atoms with van der Waals surface area (Å²) in [7, 11) is 1.52. The molecule has 0 aliphatic carbocycles. The second-order valence-electron chi connectivity index (χ2n) is 6.11. The third-order valence-electron chi connectivity index (χ3n) is 4.31. The Balaban J connectivity index is 2.09. The van der Waals surface area contributed by atoms with E-state index in [0.717, 1.165) is 0 Å². The van der Waals surface area contributed by atoms with Crippen molar-refractivity contribution in [2.45, 2.75) is 6.61 Å². The van der Waals surface area contributed by atoms with E-state index in [1.54, 1.807) is 36.4 Å². The molecule has 0 aliphatic rings. The number of anilines is 1. The van der Waals surface area contributed by atoms with Gasteiger partial charge in [0, 0.05) is 16.1 Å². The Kier molecular flexibility index (Phi) is 6.31. The Bertz CT molecular complexity index is 1270. The standard InChI is InChI=1S/C21H14BrClN4O3/c1-29-17-4-2-11(19-14(8-24)20(26)27-21(28)15(19)9-25)6-12(17)10-30-18-5-3-13(23)7-16(18)22/h2-7H,10H2,1H3,(H3,26,27,28). The van der Waals surface area contributed by atoms with Gasteiger partial charge in [0.05, 0.1) is 11.6 Å². The molecule has 0 unspecified atom stereocenters. The highest BCUT2D eigenvalue weighted by Crippen LogP contribution is 2.33. The fourth-order valence-electron chi connectivity index (χ4n) is 2.93. The van der Waals surface area contributed by atoms with Crippen molar-refractivity contribution in [1.29, 1.82) is 10.5 Å². The van der Waals surface area contributed by atoms with Gasteiger partial charge in [-0.15, -0.1) is 0 Å². The maximum atomic E-state index is 12.2. The Morgan fingerprint density at radius 1 is 1.13 bits per heavy atom. The first-order valence-corrected chi connectivity index (χ1v) is 9.67. The number of hydrogen-bond acceptors (Lipinski definition) is 6. The number of benzene rings is 2. The van der Waals surface area contributed by atoms with Gasteiger partial charge in [-0.25, -0.2) is 0 Å². The van der Waals surface area contributed by atoms with Crippen molar-refractivity contribution in [1.82, 2.24) is 4.98 Å². The quantitative estimate of drug-likeness (QED) is 0.553. The van der Waals surface area contributed by atoms with Crippen LogP contribution in [0.25, 0.3) is 11.1 Å². The number of nitrogen functional groups attached to an aromatic ring is 1. The molecule has 0 atom stereocenters. The van der Waals surface area contributed by atoms with Gasteiger partial charge < -0.3 is 20.2 Å². The fourth-order valence-corrected chi connectivity index (χ4v) is 3.72. The van der Waals surface area contributed by atoms with Crippen molar-refractivity contribution in [3.05, 3.63) is 72.9 Å². The maximum absolute atomic E-state index is 12.2. The number of rotatable bonds is 5. The average molecular weight is 486 g/mol. The summed E-state index contributed by atoms with van der Waals surface area (Å²) in [5.41, 5.74) is 6.23. The number of halogens is 2. The second kappa shape index (κ2) is 8.91. The molecule has 3 N–H and O–H groups in total. The minimum atomic E-state index is -0.664. The molecular weight excluding hydrogens is 472 g/mol. The molecule has 1 aromatic heterocycles. The number of H-pyrrole nitrogens is 1. The highest BCUT2D eigenvalue weighted by Gasteiger charge is 2.19. The van der Waals surface area contributed by atoms with Crippen molar-refractivity contribution < 1.29 is 9.47 Å². The molecule has 0 fully saturated rings. The van der Waals surface area contributed by atoms with E-state index < -0.39 is 5.56 Å². The van der Waals surface area contributed by atoms with E-state index in [-0.39, 0.29) is 29.1 Å². The number of nitrogens with two attached hydrogens (primary N) is 1. The fraction of sp³-hybridized carbons (Fsp3) is 0.0952. The van der Waals surface area contributed by atoms with Gasteiger partial charge in [0.15, 0.2) is 0 Å². The molecule has 9 heteroatoms. The second-order valence-corrected chi connectivity index (χ2v) is 7.40. The van der Waals surface area contributed by atoms with Gasteiger partial charge in [0.2, 0.25) is 0 Å². The molecular formula is C21H14BrClN4O3. The number of nitrogens with zero attached hydrogens (tertiary/aromatic N) is 2. The predicted molar refractivity (Wildman–Crippen MR) is 116 cm³/mol. The number of aromatic nitrogens is 1. The topological polar surface area (TPSA) is 125 Å². The summed E-state index contributed by atoms with van der Waals surface area (Å²) in [4.78, 5) is 14.5. The van der Waals surface area contributed by atoms with Gasteiger partial charge in [0.1, 0.15) is 47.2 Å². The van der Waals surface area contributed by atoms with Crippen molar-refractivity contribution in [2.24, 2.45) is 0 Å². The van der Waals surface area contributed by atoms with Gasteiger partial charge in [-0.3, -0.25) is 4.79 Å². The third-order valence-corrected chi connectivity index (χ3v) is 5.17. The van der Waals surface area contributed by atoms with Gasteiger partial charge in [-0.1, -0.05) is 17.7 Å². The average Bonchev–Trinajstić information content (AvgIpc) is 2.72. The predicted octanol–water partition coefficient (Wildman–Crippen LogP) is 4.37. The van der Waals surface area contributed by atoms with E-state index >= 15 is 0 Å². The first kappa shape index (κ1) is 21.3. The molecule has 0 bridgehead atoms. The summed E-state index contributed by atoms with van der Waals surface area (Å²) in [6, 6.07) is 14.0. The van der Waals surface area contributed by atoms with E-state index in [2.05, 4.69) is 20.9 Å². The first-order chi connectivity index (χ1) is 14.4. The molecule has 3 aromatic rings. The van der Waals surface area contributed by atoms with Crippen LogP contribution >= 0.6 is 27.5 Å². The van der Waals surface area contributed by atoms with Crippen LogP contribution < -0.4 is 20.8 Å². The van der Waals surface area contributed by atoms with E-state index in [0.29, 0.717) is 32.1 Å². The number of methoxy groups -OCH3 is 1. The van der Waals surface area contributed by atoms with E-state index in [9.17, 15) is 15.3 Å². The third kappa shape index (κ3) is 4.11. The minimum Gasteiger partial charge on any atom is -0.496 e. The molecule has 0 saturated carbocycles. The first-order valence-electron chi connectivity index (χ1n) is 8.50. The number of pyridine rings is 1.